The highest BCUT2D eigenvalue weighted by atomic mass is 19.1. The maximum Gasteiger partial charge on any atom is 0.337 e. The molecule has 0 unspecified atom stereocenters. The van der Waals surface area contributed by atoms with Gasteiger partial charge in [0.1, 0.15) is 5.82 Å². The zero-order chi connectivity index (χ0) is 22.2. The van der Waals surface area contributed by atoms with Gasteiger partial charge in [0.15, 0.2) is 11.2 Å². The van der Waals surface area contributed by atoms with E-state index in [1.54, 1.807) is 10.9 Å². The lowest BCUT2D eigenvalue weighted by Crippen LogP contribution is -2.42. The van der Waals surface area contributed by atoms with Crippen LogP contribution in [-0.2, 0) is 11.3 Å². The number of imidazole rings is 1. The summed E-state index contributed by atoms with van der Waals surface area (Å²) in [6, 6.07) is 15.2. The summed E-state index contributed by atoms with van der Waals surface area (Å²) in [6.07, 6.45) is 3.08. The Bertz CT molecular complexity index is 1370. The lowest BCUT2D eigenvalue weighted by Gasteiger charge is -2.17. The van der Waals surface area contributed by atoms with Crippen LogP contribution in [0.25, 0.3) is 16.9 Å². The summed E-state index contributed by atoms with van der Waals surface area (Å²) in [7, 11) is 0. The molecule has 1 saturated heterocycles. The van der Waals surface area contributed by atoms with Crippen LogP contribution in [-0.4, -0.2) is 31.4 Å². The van der Waals surface area contributed by atoms with Gasteiger partial charge in [0.05, 0.1) is 30.7 Å². The van der Waals surface area contributed by atoms with E-state index >= 15 is 0 Å². The number of fused-ring (bicyclic) bond motifs is 1. The van der Waals surface area contributed by atoms with Crippen molar-refractivity contribution in [1.82, 2.24) is 18.7 Å². The Morgan fingerprint density at radius 1 is 1.12 bits per heavy atom. The molecule has 1 fully saturated rings. The number of halogens is 1. The molecular weight excluding hydrogens is 411 g/mol. The molecule has 1 aliphatic rings. The van der Waals surface area contributed by atoms with Crippen LogP contribution in [0.15, 0.2) is 70.5 Å². The Balaban J connectivity index is 1.76. The summed E-state index contributed by atoms with van der Waals surface area (Å²) in [5.74, 6) is -0.408. The predicted molar refractivity (Wildman–Crippen MR) is 119 cm³/mol. The molecule has 7 nitrogen and oxygen atoms in total. The normalized spacial score (nSPS) is 17.1. The molecule has 0 bridgehead atoms. The van der Waals surface area contributed by atoms with Crippen molar-refractivity contribution in [1.29, 1.82) is 0 Å². The van der Waals surface area contributed by atoms with E-state index in [9.17, 15) is 14.0 Å². The minimum absolute atomic E-state index is 0.166. The smallest absolute Gasteiger partial charge is 0.337 e. The van der Waals surface area contributed by atoms with Crippen molar-refractivity contribution in [2.75, 3.05) is 6.61 Å². The van der Waals surface area contributed by atoms with Crippen LogP contribution < -0.4 is 11.2 Å². The summed E-state index contributed by atoms with van der Waals surface area (Å²) in [5.41, 5.74) is 1.11. The van der Waals surface area contributed by atoms with Crippen LogP contribution in [0.1, 0.15) is 31.4 Å². The topological polar surface area (TPSA) is 71.1 Å². The van der Waals surface area contributed by atoms with E-state index in [0.29, 0.717) is 17.8 Å². The molecule has 2 aromatic heterocycles. The molecule has 164 valence electrons. The number of aromatic nitrogens is 4. The third-order valence-corrected chi connectivity index (χ3v) is 6.05. The highest BCUT2D eigenvalue weighted by Crippen LogP contribution is 2.22. The van der Waals surface area contributed by atoms with Gasteiger partial charge in [-0.3, -0.25) is 9.36 Å². The van der Waals surface area contributed by atoms with Crippen molar-refractivity contribution in [2.24, 2.45) is 0 Å². The highest BCUT2D eigenvalue weighted by molar-refractivity contribution is 5.72. The number of nitrogens with zero attached hydrogens (tertiary/aromatic N) is 4. The summed E-state index contributed by atoms with van der Waals surface area (Å²) in [6.45, 7) is 2.77. The maximum absolute atomic E-state index is 13.6. The van der Waals surface area contributed by atoms with Crippen molar-refractivity contribution in [2.45, 2.75) is 38.5 Å². The molecule has 0 amide bonds. The zero-order valence-corrected chi connectivity index (χ0v) is 17.6. The zero-order valence-electron chi connectivity index (χ0n) is 17.6. The molecule has 0 spiro atoms. The largest absolute Gasteiger partial charge is 0.376 e. The van der Waals surface area contributed by atoms with E-state index in [-0.39, 0.29) is 24.3 Å². The van der Waals surface area contributed by atoms with Crippen LogP contribution in [0.5, 0.6) is 0 Å². The molecule has 0 radical (unpaired) electrons. The fourth-order valence-corrected chi connectivity index (χ4v) is 4.31. The summed E-state index contributed by atoms with van der Waals surface area (Å²) < 4.78 is 23.6. The van der Waals surface area contributed by atoms with Gasteiger partial charge < -0.3 is 9.30 Å². The number of ether oxygens (including phenoxy) is 1. The molecule has 2 atom stereocenters. The van der Waals surface area contributed by atoms with Gasteiger partial charge in [-0.25, -0.2) is 18.7 Å². The third-order valence-electron chi connectivity index (χ3n) is 6.05. The Labute approximate surface area is 183 Å². The fraction of sp³-hybridized carbons (Fsp3) is 0.292. The Hall–Kier alpha value is -3.52. The van der Waals surface area contributed by atoms with Gasteiger partial charge in [-0.1, -0.05) is 30.3 Å². The van der Waals surface area contributed by atoms with E-state index < -0.39 is 17.1 Å². The minimum atomic E-state index is -0.512. The van der Waals surface area contributed by atoms with Crippen LogP contribution in [0.3, 0.4) is 0 Å². The summed E-state index contributed by atoms with van der Waals surface area (Å²) >= 11 is 0. The van der Waals surface area contributed by atoms with Crippen molar-refractivity contribution < 1.29 is 9.13 Å². The van der Waals surface area contributed by atoms with Crippen LogP contribution in [0.2, 0.25) is 0 Å². The van der Waals surface area contributed by atoms with Gasteiger partial charge in [-0.2, -0.15) is 0 Å². The van der Waals surface area contributed by atoms with Gasteiger partial charge in [-0.05, 0) is 49.6 Å². The predicted octanol–water partition coefficient (Wildman–Crippen LogP) is 3.28. The monoisotopic (exact) mass is 434 g/mol. The molecule has 0 aliphatic carbocycles. The van der Waals surface area contributed by atoms with Gasteiger partial charge in [0.25, 0.3) is 5.56 Å². The van der Waals surface area contributed by atoms with Gasteiger partial charge in [0, 0.05) is 6.61 Å². The van der Waals surface area contributed by atoms with Crippen molar-refractivity contribution in [3.63, 3.8) is 0 Å². The van der Waals surface area contributed by atoms with E-state index in [2.05, 4.69) is 4.98 Å². The van der Waals surface area contributed by atoms with E-state index in [1.165, 1.54) is 33.4 Å². The SMILES string of the molecule is C[C@@H](c1ccccc1)n1cnc2c1c(=O)n(C[C@H]1CCCO1)c(=O)n2-c1ccc(F)cc1. The average molecular weight is 434 g/mol. The van der Waals surface area contributed by atoms with E-state index in [0.717, 1.165) is 18.4 Å². The first-order valence-electron chi connectivity index (χ1n) is 10.7. The molecule has 5 rings (SSSR count). The molecule has 32 heavy (non-hydrogen) atoms. The second kappa shape index (κ2) is 8.20. The lowest BCUT2D eigenvalue weighted by atomic mass is 10.1. The quantitative estimate of drug-likeness (QED) is 0.483. The second-order valence-electron chi connectivity index (χ2n) is 8.06. The van der Waals surface area contributed by atoms with Crippen LogP contribution in [0.4, 0.5) is 4.39 Å². The first-order chi connectivity index (χ1) is 15.5. The standard InChI is InChI=1S/C24H23FN4O3/c1-16(17-6-3-2-4-7-17)28-15-26-22-21(28)23(30)27(14-20-8-5-13-32-20)24(31)29(22)19-11-9-18(25)10-12-19/h2-4,6-7,9-12,15-16,20H,5,8,13-14H2,1H3/t16-,20+/m0/s1. The molecule has 3 heterocycles. The molecule has 0 N–H and O–H groups in total. The Morgan fingerprint density at radius 2 is 1.88 bits per heavy atom. The molecular formula is C24H23FN4O3. The number of hydrogen-bond acceptors (Lipinski definition) is 4. The van der Waals surface area contributed by atoms with Crippen molar-refractivity contribution in [3.05, 3.63) is 93.1 Å². The maximum atomic E-state index is 13.6. The molecule has 8 heteroatoms. The fourth-order valence-electron chi connectivity index (χ4n) is 4.31. The van der Waals surface area contributed by atoms with E-state index in [4.69, 9.17) is 4.74 Å². The second-order valence-corrected chi connectivity index (χ2v) is 8.06. The molecule has 4 aromatic rings. The van der Waals surface area contributed by atoms with Crippen molar-refractivity contribution in [3.8, 4) is 5.69 Å². The number of rotatable bonds is 5. The molecule has 0 saturated carbocycles. The minimum Gasteiger partial charge on any atom is -0.376 e. The Kier molecular flexibility index (Phi) is 5.22. The van der Waals surface area contributed by atoms with Crippen LogP contribution in [0, 0.1) is 5.82 Å². The first kappa shape index (κ1) is 20.4. The highest BCUT2D eigenvalue weighted by Gasteiger charge is 2.24. The summed E-state index contributed by atoms with van der Waals surface area (Å²) in [5, 5.41) is 0. The summed E-state index contributed by atoms with van der Waals surface area (Å²) in [4.78, 5) is 31.5. The molecule has 1 aliphatic heterocycles. The number of hydrogen-bond donors (Lipinski definition) is 0. The van der Waals surface area contributed by atoms with Gasteiger partial charge >= 0.3 is 5.69 Å². The third kappa shape index (κ3) is 3.46. The number of benzene rings is 2. The lowest BCUT2D eigenvalue weighted by molar-refractivity contribution is 0.0950. The Morgan fingerprint density at radius 3 is 2.56 bits per heavy atom. The first-order valence-corrected chi connectivity index (χ1v) is 10.7. The molecule has 2 aromatic carbocycles. The average Bonchev–Trinajstić information content (AvgIpc) is 3.48. The van der Waals surface area contributed by atoms with Crippen LogP contribution >= 0.6 is 0 Å². The van der Waals surface area contributed by atoms with E-state index in [1.807, 2.05) is 37.3 Å². The van der Waals surface area contributed by atoms with Gasteiger partial charge in [0.2, 0.25) is 0 Å². The van der Waals surface area contributed by atoms with Gasteiger partial charge in [-0.15, -0.1) is 0 Å². The van der Waals surface area contributed by atoms with Crippen molar-refractivity contribution >= 4 is 11.2 Å².